The predicted octanol–water partition coefficient (Wildman–Crippen LogP) is 1.02. The van der Waals surface area contributed by atoms with E-state index in [2.05, 4.69) is 5.92 Å². The van der Waals surface area contributed by atoms with Crippen molar-refractivity contribution >= 4 is 0 Å². The van der Waals surface area contributed by atoms with E-state index in [1.54, 1.807) is 14.2 Å². The monoisotopic (exact) mass is 140 g/mol. The lowest BCUT2D eigenvalue weighted by molar-refractivity contribution is -0.132. The molecule has 0 atom stereocenters. The van der Waals surface area contributed by atoms with Gasteiger partial charge in [0.05, 0.1) is 5.41 Å². The van der Waals surface area contributed by atoms with Gasteiger partial charge >= 0.3 is 0 Å². The minimum atomic E-state index is -0.211. The van der Waals surface area contributed by atoms with E-state index in [9.17, 15) is 0 Å². The zero-order valence-corrected chi connectivity index (χ0v) is 6.39. The second kappa shape index (κ2) is 2.61. The molecule has 0 aromatic carbocycles. The lowest BCUT2D eigenvalue weighted by Gasteiger charge is -2.18. The summed E-state index contributed by atoms with van der Waals surface area (Å²) in [6.07, 6.45) is 7.15. The van der Waals surface area contributed by atoms with Crippen LogP contribution in [0, 0.1) is 17.8 Å². The maximum absolute atomic E-state index is 5.31. The van der Waals surface area contributed by atoms with Crippen molar-refractivity contribution in [1.82, 2.24) is 0 Å². The minimum Gasteiger partial charge on any atom is -0.354 e. The van der Waals surface area contributed by atoms with Gasteiger partial charge in [0, 0.05) is 14.2 Å². The smallest absolute Gasteiger partial charge is 0.173 e. The average Bonchev–Trinajstić information content (AvgIpc) is 2.72. The third-order valence-electron chi connectivity index (χ3n) is 1.96. The van der Waals surface area contributed by atoms with Crippen molar-refractivity contribution < 1.29 is 9.47 Å². The highest BCUT2D eigenvalue weighted by atomic mass is 16.7. The van der Waals surface area contributed by atoms with Gasteiger partial charge in [0.1, 0.15) is 0 Å². The molecule has 1 fully saturated rings. The Labute approximate surface area is 61.5 Å². The third-order valence-corrected chi connectivity index (χ3v) is 1.96. The lowest BCUT2D eigenvalue weighted by atomic mass is 10.1. The van der Waals surface area contributed by atoms with Crippen LogP contribution in [0.2, 0.25) is 0 Å². The highest BCUT2D eigenvalue weighted by molar-refractivity contribution is 5.16. The maximum atomic E-state index is 5.31. The second-order valence-electron chi connectivity index (χ2n) is 2.60. The molecule has 1 aliphatic rings. The Kier molecular flexibility index (Phi) is 1.98. The first-order valence-corrected chi connectivity index (χ1v) is 3.32. The third kappa shape index (κ3) is 1.03. The van der Waals surface area contributed by atoms with E-state index in [0.29, 0.717) is 0 Å². The number of hydrogen-bond donors (Lipinski definition) is 0. The van der Waals surface area contributed by atoms with Gasteiger partial charge in [-0.05, 0) is 12.8 Å². The molecule has 0 N–H and O–H groups in total. The van der Waals surface area contributed by atoms with Crippen molar-refractivity contribution in [3.05, 3.63) is 0 Å². The molecular weight excluding hydrogens is 128 g/mol. The van der Waals surface area contributed by atoms with Crippen LogP contribution in [0.1, 0.15) is 12.8 Å². The van der Waals surface area contributed by atoms with E-state index in [1.165, 1.54) is 0 Å². The fraction of sp³-hybridized carbons (Fsp3) is 0.750. The van der Waals surface area contributed by atoms with E-state index in [4.69, 9.17) is 15.9 Å². The zero-order chi connectivity index (χ0) is 7.61. The average molecular weight is 140 g/mol. The molecule has 0 unspecified atom stereocenters. The molecule has 0 aliphatic heterocycles. The highest BCUT2D eigenvalue weighted by Gasteiger charge is 2.49. The molecule has 0 bridgehead atoms. The van der Waals surface area contributed by atoms with Gasteiger partial charge in [-0.25, -0.2) is 0 Å². The quantitative estimate of drug-likeness (QED) is 0.430. The molecule has 10 heavy (non-hydrogen) atoms. The Morgan fingerprint density at radius 3 is 2.00 bits per heavy atom. The molecule has 0 aromatic rings. The molecule has 1 aliphatic carbocycles. The highest BCUT2D eigenvalue weighted by Crippen LogP contribution is 2.49. The number of hydrogen-bond acceptors (Lipinski definition) is 2. The Hall–Kier alpha value is -0.520. The van der Waals surface area contributed by atoms with E-state index in [0.717, 1.165) is 12.8 Å². The Morgan fingerprint density at radius 1 is 1.40 bits per heavy atom. The summed E-state index contributed by atoms with van der Waals surface area (Å²) in [5.74, 6) is 2.70. The summed E-state index contributed by atoms with van der Waals surface area (Å²) in [6, 6.07) is 0. The van der Waals surface area contributed by atoms with Crippen molar-refractivity contribution in [1.29, 1.82) is 0 Å². The first-order chi connectivity index (χ1) is 4.79. The van der Waals surface area contributed by atoms with E-state index >= 15 is 0 Å². The summed E-state index contributed by atoms with van der Waals surface area (Å²) in [6.45, 7) is 0. The van der Waals surface area contributed by atoms with Crippen molar-refractivity contribution in [2.24, 2.45) is 5.41 Å². The largest absolute Gasteiger partial charge is 0.354 e. The standard InChI is InChI=1S/C8H12O2/c1-4-8(5-6-8)7(9-2)10-3/h1,7H,5-6H2,2-3H3. The Bertz CT molecular complexity index is 149. The number of methoxy groups -OCH3 is 2. The van der Waals surface area contributed by atoms with Gasteiger partial charge in [-0.1, -0.05) is 5.92 Å². The second-order valence-corrected chi connectivity index (χ2v) is 2.60. The SMILES string of the molecule is C#CC1(C(OC)OC)CC1. The molecular formula is C8H12O2. The van der Waals surface area contributed by atoms with E-state index in [-0.39, 0.29) is 11.7 Å². The minimum absolute atomic E-state index is 0.108. The molecule has 0 aromatic heterocycles. The lowest BCUT2D eigenvalue weighted by Crippen LogP contribution is -2.24. The maximum Gasteiger partial charge on any atom is 0.173 e. The molecule has 0 heterocycles. The first kappa shape index (κ1) is 7.59. The van der Waals surface area contributed by atoms with Crippen molar-refractivity contribution in [3.8, 4) is 12.3 Å². The van der Waals surface area contributed by atoms with Crippen LogP contribution in [0.3, 0.4) is 0 Å². The molecule has 1 saturated carbocycles. The summed E-state index contributed by atoms with van der Waals surface area (Å²) in [7, 11) is 3.23. The van der Waals surface area contributed by atoms with Gasteiger partial charge in [0.25, 0.3) is 0 Å². The van der Waals surface area contributed by atoms with Gasteiger partial charge in [0.2, 0.25) is 0 Å². The van der Waals surface area contributed by atoms with Crippen LogP contribution >= 0.6 is 0 Å². The summed E-state index contributed by atoms with van der Waals surface area (Å²) in [5.41, 5.74) is -0.108. The topological polar surface area (TPSA) is 18.5 Å². The zero-order valence-electron chi connectivity index (χ0n) is 6.39. The van der Waals surface area contributed by atoms with Crippen LogP contribution < -0.4 is 0 Å². The summed E-state index contributed by atoms with van der Waals surface area (Å²) in [5, 5.41) is 0. The molecule has 2 nitrogen and oxygen atoms in total. The Morgan fingerprint density at radius 2 is 1.90 bits per heavy atom. The molecule has 0 saturated heterocycles. The van der Waals surface area contributed by atoms with Gasteiger partial charge < -0.3 is 9.47 Å². The van der Waals surface area contributed by atoms with Crippen LogP contribution in [-0.2, 0) is 9.47 Å². The van der Waals surface area contributed by atoms with Crippen molar-refractivity contribution in [2.45, 2.75) is 19.1 Å². The normalized spacial score (nSPS) is 20.6. The predicted molar refractivity (Wildman–Crippen MR) is 38.3 cm³/mol. The first-order valence-electron chi connectivity index (χ1n) is 3.32. The summed E-state index contributed by atoms with van der Waals surface area (Å²) in [4.78, 5) is 0. The van der Waals surface area contributed by atoms with Gasteiger partial charge in [0.15, 0.2) is 6.29 Å². The number of ether oxygens (including phenoxy) is 2. The fourth-order valence-electron chi connectivity index (χ4n) is 1.13. The van der Waals surface area contributed by atoms with Crippen LogP contribution in [-0.4, -0.2) is 20.5 Å². The molecule has 1 rings (SSSR count). The Balaban J connectivity index is 2.54. The molecule has 0 radical (unpaired) electrons. The van der Waals surface area contributed by atoms with Crippen molar-refractivity contribution in [3.63, 3.8) is 0 Å². The summed E-state index contributed by atoms with van der Waals surface area (Å²) >= 11 is 0. The number of rotatable bonds is 3. The fourth-order valence-corrected chi connectivity index (χ4v) is 1.13. The van der Waals surface area contributed by atoms with Gasteiger partial charge in [-0.2, -0.15) is 0 Å². The van der Waals surface area contributed by atoms with Gasteiger partial charge in [-0.3, -0.25) is 0 Å². The van der Waals surface area contributed by atoms with Crippen LogP contribution in [0.15, 0.2) is 0 Å². The molecule has 0 amide bonds. The number of terminal acetylenes is 1. The van der Waals surface area contributed by atoms with Crippen LogP contribution in [0.4, 0.5) is 0 Å². The van der Waals surface area contributed by atoms with Crippen LogP contribution in [0.5, 0.6) is 0 Å². The van der Waals surface area contributed by atoms with Crippen molar-refractivity contribution in [2.75, 3.05) is 14.2 Å². The van der Waals surface area contributed by atoms with Crippen LogP contribution in [0.25, 0.3) is 0 Å². The van der Waals surface area contributed by atoms with E-state index in [1.807, 2.05) is 0 Å². The molecule has 2 heteroatoms. The molecule has 0 spiro atoms. The molecule has 56 valence electrons. The van der Waals surface area contributed by atoms with E-state index < -0.39 is 0 Å². The summed E-state index contributed by atoms with van der Waals surface area (Å²) < 4.78 is 10.1. The van der Waals surface area contributed by atoms with Gasteiger partial charge in [-0.15, -0.1) is 6.42 Å².